The Kier molecular flexibility index (Phi) is 1.04. The molecule has 3 nitrogen and oxygen atoms in total. The van der Waals surface area contributed by atoms with Crippen LogP contribution in [0, 0.1) is 0 Å². The van der Waals surface area contributed by atoms with Crippen LogP contribution in [-0.2, 0) is 0 Å². The van der Waals surface area contributed by atoms with Crippen LogP contribution in [-0.4, -0.2) is 6.29 Å². The monoisotopic (exact) mass is 111 g/mol. The molecule has 0 spiro atoms. The Labute approximate surface area is 46.1 Å². The predicted octanol–water partition coefficient (Wildman–Crippen LogP) is 0.674. The lowest BCUT2D eigenvalue weighted by Crippen LogP contribution is -1.76. The van der Waals surface area contributed by atoms with E-state index in [4.69, 9.17) is 5.73 Å². The van der Waals surface area contributed by atoms with Gasteiger partial charge in [-0.05, 0) is 6.07 Å². The molecule has 1 aromatic heterocycles. The van der Waals surface area contributed by atoms with Gasteiger partial charge in [-0.2, -0.15) is 0 Å². The molecule has 0 bridgehead atoms. The van der Waals surface area contributed by atoms with E-state index < -0.39 is 0 Å². The normalized spacial score (nSPS) is 9.00. The fraction of sp³-hybridized carbons (Fsp3) is 0. The van der Waals surface area contributed by atoms with Crippen molar-refractivity contribution < 1.29 is 9.21 Å². The van der Waals surface area contributed by atoms with E-state index in [1.807, 2.05) is 0 Å². The average Bonchev–Trinajstić information content (AvgIpc) is 2.14. The molecule has 0 fully saturated rings. The van der Waals surface area contributed by atoms with Crippen LogP contribution < -0.4 is 5.73 Å². The average molecular weight is 111 g/mol. The number of aldehydes is 1. The van der Waals surface area contributed by atoms with Crippen LogP contribution in [0.25, 0.3) is 0 Å². The van der Waals surface area contributed by atoms with E-state index in [-0.39, 0.29) is 11.6 Å². The molecule has 8 heavy (non-hydrogen) atoms. The maximum absolute atomic E-state index is 9.87. The zero-order valence-electron chi connectivity index (χ0n) is 4.13. The van der Waals surface area contributed by atoms with Crippen LogP contribution in [0.15, 0.2) is 16.5 Å². The van der Waals surface area contributed by atoms with Crippen molar-refractivity contribution >= 4 is 12.2 Å². The lowest BCUT2D eigenvalue weighted by atomic mass is 10.5. The number of carbonyl (C=O) groups excluding carboxylic acids is 1. The summed E-state index contributed by atoms with van der Waals surface area (Å²) in [5, 5.41) is 0. The summed E-state index contributed by atoms with van der Waals surface area (Å²) in [6.45, 7) is 0. The maximum atomic E-state index is 9.87. The van der Waals surface area contributed by atoms with E-state index in [1.54, 1.807) is 0 Å². The second kappa shape index (κ2) is 1.69. The molecule has 0 unspecified atom stereocenters. The summed E-state index contributed by atoms with van der Waals surface area (Å²) >= 11 is 0. The van der Waals surface area contributed by atoms with Gasteiger partial charge in [0.15, 0.2) is 17.9 Å². The highest BCUT2D eigenvalue weighted by molar-refractivity contribution is 5.71. The molecule has 3 heteroatoms. The van der Waals surface area contributed by atoms with Crippen LogP contribution in [0.1, 0.15) is 10.6 Å². The van der Waals surface area contributed by atoms with Crippen molar-refractivity contribution in [2.24, 2.45) is 0 Å². The second-order valence-electron chi connectivity index (χ2n) is 1.36. The molecule has 1 heterocycles. The fourth-order valence-corrected chi connectivity index (χ4v) is 0.432. The molecule has 0 atom stereocenters. The first-order chi connectivity index (χ1) is 3.83. The lowest BCUT2D eigenvalue weighted by Gasteiger charge is -1.76. The van der Waals surface area contributed by atoms with Gasteiger partial charge in [-0.1, -0.05) is 0 Å². The van der Waals surface area contributed by atoms with Gasteiger partial charge >= 0.3 is 0 Å². The van der Waals surface area contributed by atoms with Gasteiger partial charge in [0.1, 0.15) is 0 Å². The Morgan fingerprint density at radius 3 is 2.62 bits per heavy atom. The summed E-state index contributed by atoms with van der Waals surface area (Å²) in [6.07, 6.45) is 0.607. The van der Waals surface area contributed by atoms with E-state index in [0.29, 0.717) is 6.29 Å². The van der Waals surface area contributed by atoms with Crippen molar-refractivity contribution in [1.82, 2.24) is 0 Å². The number of hydrogen-bond donors (Lipinski definition) is 1. The third kappa shape index (κ3) is 0.703. The highest BCUT2D eigenvalue weighted by Gasteiger charge is 1.92. The molecule has 1 rings (SSSR count). The molecule has 2 N–H and O–H groups in total. The zero-order valence-corrected chi connectivity index (χ0v) is 4.13. The van der Waals surface area contributed by atoms with Crippen molar-refractivity contribution in [2.45, 2.75) is 0 Å². The van der Waals surface area contributed by atoms with E-state index in [2.05, 4.69) is 4.42 Å². The molecule has 42 valence electrons. The van der Waals surface area contributed by atoms with Gasteiger partial charge in [-0.3, -0.25) is 4.79 Å². The topological polar surface area (TPSA) is 56.2 Å². The minimum atomic E-state index is 0.266. The first kappa shape index (κ1) is 4.90. The molecule has 0 aromatic carbocycles. The number of nitrogen functional groups attached to an aromatic ring is 1. The number of furan rings is 1. The number of rotatable bonds is 1. The summed E-state index contributed by atoms with van der Waals surface area (Å²) < 4.78 is 4.64. The minimum absolute atomic E-state index is 0.266. The Hall–Kier alpha value is -1.25. The third-order valence-electron chi connectivity index (χ3n) is 0.764. The Morgan fingerprint density at radius 1 is 1.62 bits per heavy atom. The largest absolute Gasteiger partial charge is 0.438 e. The molecular formula is C5H5NO2. The predicted molar refractivity (Wildman–Crippen MR) is 28.5 cm³/mol. The van der Waals surface area contributed by atoms with Crippen LogP contribution in [0.2, 0.25) is 0 Å². The summed E-state index contributed by atoms with van der Waals surface area (Å²) in [5.41, 5.74) is 5.13. The standard InChI is InChI=1S/C5H5NO2/c6-5-2-1-4(3-7)8-5/h1-3H,6H2. The second-order valence-corrected chi connectivity index (χ2v) is 1.36. The molecule has 0 amide bonds. The van der Waals surface area contributed by atoms with Crippen LogP contribution in [0.4, 0.5) is 5.88 Å². The lowest BCUT2D eigenvalue weighted by molar-refractivity contribution is 0.110. The summed E-state index contributed by atoms with van der Waals surface area (Å²) in [6, 6.07) is 3.05. The number of anilines is 1. The molecule has 1 aromatic rings. The fourth-order valence-electron chi connectivity index (χ4n) is 0.432. The first-order valence-corrected chi connectivity index (χ1v) is 2.13. The Balaban J connectivity index is 3.00. The van der Waals surface area contributed by atoms with Crippen molar-refractivity contribution in [1.29, 1.82) is 0 Å². The third-order valence-corrected chi connectivity index (χ3v) is 0.764. The van der Waals surface area contributed by atoms with Crippen molar-refractivity contribution in [3.05, 3.63) is 17.9 Å². The SMILES string of the molecule is Nc1ccc(C=O)o1. The minimum Gasteiger partial charge on any atom is -0.438 e. The highest BCUT2D eigenvalue weighted by atomic mass is 16.4. The highest BCUT2D eigenvalue weighted by Crippen LogP contribution is 2.05. The van der Waals surface area contributed by atoms with Gasteiger partial charge in [0.2, 0.25) is 0 Å². The Bertz CT molecular complexity index is 192. The summed E-state index contributed by atoms with van der Waals surface area (Å²) in [5.74, 6) is 0.537. The summed E-state index contributed by atoms with van der Waals surface area (Å²) in [7, 11) is 0. The van der Waals surface area contributed by atoms with Gasteiger partial charge in [0.05, 0.1) is 0 Å². The van der Waals surface area contributed by atoms with Crippen molar-refractivity contribution in [3.63, 3.8) is 0 Å². The van der Waals surface area contributed by atoms with Crippen molar-refractivity contribution in [3.8, 4) is 0 Å². The Morgan fingerprint density at radius 2 is 2.38 bits per heavy atom. The smallest absolute Gasteiger partial charge is 0.191 e. The van der Waals surface area contributed by atoms with Gasteiger partial charge in [-0.15, -0.1) is 0 Å². The molecule has 0 aliphatic heterocycles. The van der Waals surface area contributed by atoms with Crippen LogP contribution >= 0.6 is 0 Å². The maximum Gasteiger partial charge on any atom is 0.191 e. The zero-order chi connectivity index (χ0) is 5.98. The van der Waals surface area contributed by atoms with E-state index in [0.717, 1.165) is 0 Å². The number of nitrogens with two attached hydrogens (primary N) is 1. The van der Waals surface area contributed by atoms with Gasteiger partial charge in [0.25, 0.3) is 0 Å². The van der Waals surface area contributed by atoms with E-state index in [1.165, 1.54) is 12.1 Å². The number of hydrogen-bond acceptors (Lipinski definition) is 3. The first-order valence-electron chi connectivity index (χ1n) is 2.13. The number of carbonyl (C=O) groups is 1. The quantitative estimate of drug-likeness (QED) is 0.542. The molecular weight excluding hydrogens is 106 g/mol. The molecule has 0 aliphatic rings. The van der Waals surface area contributed by atoms with Crippen molar-refractivity contribution in [2.75, 3.05) is 5.73 Å². The van der Waals surface area contributed by atoms with Crippen LogP contribution in [0.3, 0.4) is 0 Å². The van der Waals surface area contributed by atoms with E-state index >= 15 is 0 Å². The van der Waals surface area contributed by atoms with Gasteiger partial charge in [-0.25, -0.2) is 0 Å². The molecule has 0 aliphatic carbocycles. The molecule has 0 saturated heterocycles. The van der Waals surface area contributed by atoms with Crippen LogP contribution in [0.5, 0.6) is 0 Å². The molecule has 0 radical (unpaired) electrons. The van der Waals surface area contributed by atoms with Gasteiger partial charge < -0.3 is 10.2 Å². The van der Waals surface area contributed by atoms with Gasteiger partial charge in [0, 0.05) is 6.07 Å². The van der Waals surface area contributed by atoms with E-state index in [9.17, 15) is 4.79 Å². The summed E-state index contributed by atoms with van der Waals surface area (Å²) in [4.78, 5) is 9.87. The molecule has 0 saturated carbocycles.